The van der Waals surface area contributed by atoms with Crippen molar-refractivity contribution in [3.63, 3.8) is 0 Å². The van der Waals surface area contributed by atoms with Gasteiger partial charge in [0.1, 0.15) is 0 Å². The number of hydrogen-bond acceptors (Lipinski definition) is 3. The van der Waals surface area contributed by atoms with Crippen LogP contribution in [0, 0.1) is 5.92 Å². The van der Waals surface area contributed by atoms with E-state index in [1.165, 1.54) is 0 Å². The zero-order valence-corrected chi connectivity index (χ0v) is 9.67. The Labute approximate surface area is 96.5 Å². The van der Waals surface area contributed by atoms with Crippen molar-refractivity contribution in [1.29, 1.82) is 0 Å². The molecule has 2 aliphatic heterocycles. The fourth-order valence-electron chi connectivity index (χ4n) is 2.19. The van der Waals surface area contributed by atoms with E-state index in [4.69, 9.17) is 10.5 Å². The van der Waals surface area contributed by atoms with Crippen LogP contribution in [0.3, 0.4) is 0 Å². The first kappa shape index (κ1) is 12.7. The summed E-state index contributed by atoms with van der Waals surface area (Å²) in [5, 5.41) is 0. The lowest BCUT2D eigenvalue weighted by Gasteiger charge is -2.26. The van der Waals surface area contributed by atoms with Crippen LogP contribution in [-0.2, 0) is 9.53 Å². The predicted molar refractivity (Wildman–Crippen MR) is 60.0 cm³/mol. The molecular weight excluding hydrogens is 216 g/mol. The molecule has 88 valence electrons. The molecule has 0 aromatic carbocycles. The zero-order chi connectivity index (χ0) is 9.97. The van der Waals surface area contributed by atoms with Gasteiger partial charge in [-0.25, -0.2) is 0 Å². The first-order valence-electron chi connectivity index (χ1n) is 5.39. The Kier molecular flexibility index (Phi) is 4.83. The minimum absolute atomic E-state index is 0. The van der Waals surface area contributed by atoms with Gasteiger partial charge in [0, 0.05) is 38.3 Å². The second-order valence-corrected chi connectivity index (χ2v) is 4.22. The SMILES string of the molecule is Cl.NC1CCN(C(=O)C2CCOCC2)C1. The lowest BCUT2D eigenvalue weighted by molar-refractivity contribution is -0.137. The average Bonchev–Trinajstić information content (AvgIpc) is 2.65. The highest BCUT2D eigenvalue weighted by atomic mass is 35.5. The number of nitrogens with zero attached hydrogens (tertiary/aromatic N) is 1. The first-order chi connectivity index (χ1) is 6.77. The van der Waals surface area contributed by atoms with Crippen LogP contribution in [0.15, 0.2) is 0 Å². The van der Waals surface area contributed by atoms with E-state index in [-0.39, 0.29) is 24.4 Å². The molecule has 2 rings (SSSR count). The highest BCUT2D eigenvalue weighted by Crippen LogP contribution is 2.20. The summed E-state index contributed by atoms with van der Waals surface area (Å²) in [4.78, 5) is 13.9. The summed E-state index contributed by atoms with van der Waals surface area (Å²) in [6, 6.07) is 0.193. The quantitative estimate of drug-likeness (QED) is 0.715. The number of carbonyl (C=O) groups is 1. The molecule has 4 nitrogen and oxygen atoms in total. The van der Waals surface area contributed by atoms with Crippen LogP contribution in [0.2, 0.25) is 0 Å². The maximum Gasteiger partial charge on any atom is 0.225 e. The number of hydrogen-bond donors (Lipinski definition) is 1. The summed E-state index contributed by atoms with van der Waals surface area (Å²) in [7, 11) is 0. The van der Waals surface area contributed by atoms with E-state index >= 15 is 0 Å². The second-order valence-electron chi connectivity index (χ2n) is 4.22. The van der Waals surface area contributed by atoms with Crippen molar-refractivity contribution in [3.8, 4) is 0 Å². The lowest BCUT2D eigenvalue weighted by Crippen LogP contribution is -2.38. The standard InChI is InChI=1S/C10H18N2O2.ClH/c11-9-1-4-12(7-9)10(13)8-2-5-14-6-3-8;/h8-9H,1-7,11H2;1H. The van der Waals surface area contributed by atoms with Gasteiger partial charge < -0.3 is 15.4 Å². The van der Waals surface area contributed by atoms with Gasteiger partial charge in [0.2, 0.25) is 5.91 Å². The van der Waals surface area contributed by atoms with Gasteiger partial charge in [0.15, 0.2) is 0 Å². The van der Waals surface area contributed by atoms with Crippen molar-refractivity contribution in [2.45, 2.75) is 25.3 Å². The number of halogens is 1. The van der Waals surface area contributed by atoms with E-state index in [9.17, 15) is 4.79 Å². The van der Waals surface area contributed by atoms with Crippen LogP contribution >= 0.6 is 12.4 Å². The van der Waals surface area contributed by atoms with Crippen molar-refractivity contribution in [2.75, 3.05) is 26.3 Å². The maximum absolute atomic E-state index is 12.0. The molecule has 2 saturated heterocycles. The zero-order valence-electron chi connectivity index (χ0n) is 8.85. The third kappa shape index (κ3) is 3.06. The van der Waals surface area contributed by atoms with Crippen molar-refractivity contribution in [3.05, 3.63) is 0 Å². The van der Waals surface area contributed by atoms with Crippen molar-refractivity contribution in [1.82, 2.24) is 4.90 Å². The topological polar surface area (TPSA) is 55.6 Å². The third-order valence-electron chi connectivity index (χ3n) is 3.11. The Hall–Kier alpha value is -0.320. The van der Waals surface area contributed by atoms with Gasteiger partial charge in [-0.3, -0.25) is 4.79 Å². The van der Waals surface area contributed by atoms with Gasteiger partial charge in [-0.15, -0.1) is 12.4 Å². The Morgan fingerprint density at radius 2 is 1.93 bits per heavy atom. The van der Waals surface area contributed by atoms with Crippen LogP contribution in [0.1, 0.15) is 19.3 Å². The molecule has 0 saturated carbocycles. The Bertz CT molecular complexity index is 213. The monoisotopic (exact) mass is 234 g/mol. The Morgan fingerprint density at radius 1 is 1.27 bits per heavy atom. The molecule has 2 fully saturated rings. The Morgan fingerprint density at radius 3 is 2.47 bits per heavy atom. The molecule has 1 unspecified atom stereocenters. The summed E-state index contributed by atoms with van der Waals surface area (Å²) in [6.07, 6.45) is 2.71. The molecular formula is C10H19ClN2O2. The summed E-state index contributed by atoms with van der Waals surface area (Å²) in [5.41, 5.74) is 5.77. The van der Waals surface area contributed by atoms with Crippen LogP contribution < -0.4 is 5.73 Å². The molecule has 0 bridgehead atoms. The smallest absolute Gasteiger partial charge is 0.225 e. The molecule has 2 aliphatic rings. The summed E-state index contributed by atoms with van der Waals surface area (Å²) in [6.45, 7) is 3.06. The number of rotatable bonds is 1. The van der Waals surface area contributed by atoms with Crippen LogP contribution in [0.4, 0.5) is 0 Å². The van der Waals surface area contributed by atoms with E-state index in [1.54, 1.807) is 0 Å². The molecule has 2 heterocycles. The molecule has 1 atom stereocenters. The largest absolute Gasteiger partial charge is 0.381 e. The van der Waals surface area contributed by atoms with Gasteiger partial charge in [-0.1, -0.05) is 0 Å². The van der Waals surface area contributed by atoms with E-state index in [0.717, 1.165) is 45.6 Å². The van der Waals surface area contributed by atoms with Crippen LogP contribution in [0.25, 0.3) is 0 Å². The van der Waals surface area contributed by atoms with Crippen molar-refractivity contribution >= 4 is 18.3 Å². The van der Waals surface area contributed by atoms with E-state index < -0.39 is 0 Å². The highest BCUT2D eigenvalue weighted by molar-refractivity contribution is 5.85. The average molecular weight is 235 g/mol. The number of nitrogens with two attached hydrogens (primary N) is 1. The molecule has 0 radical (unpaired) electrons. The number of likely N-dealkylation sites (tertiary alicyclic amines) is 1. The maximum atomic E-state index is 12.0. The third-order valence-corrected chi connectivity index (χ3v) is 3.11. The predicted octanol–water partition coefficient (Wildman–Crippen LogP) is 0.394. The number of amides is 1. The van der Waals surface area contributed by atoms with E-state index in [0.29, 0.717) is 5.91 Å². The molecule has 0 spiro atoms. The fraction of sp³-hybridized carbons (Fsp3) is 0.900. The van der Waals surface area contributed by atoms with Gasteiger partial charge in [-0.2, -0.15) is 0 Å². The normalized spacial score (nSPS) is 27.5. The van der Waals surface area contributed by atoms with Crippen LogP contribution in [-0.4, -0.2) is 43.2 Å². The minimum Gasteiger partial charge on any atom is -0.381 e. The van der Waals surface area contributed by atoms with E-state index in [2.05, 4.69) is 0 Å². The highest BCUT2D eigenvalue weighted by Gasteiger charge is 2.30. The summed E-state index contributed by atoms with van der Waals surface area (Å²) < 4.78 is 5.24. The summed E-state index contributed by atoms with van der Waals surface area (Å²) in [5.74, 6) is 0.482. The van der Waals surface area contributed by atoms with Crippen LogP contribution in [0.5, 0.6) is 0 Å². The van der Waals surface area contributed by atoms with Crippen molar-refractivity contribution < 1.29 is 9.53 Å². The summed E-state index contributed by atoms with van der Waals surface area (Å²) >= 11 is 0. The molecule has 5 heteroatoms. The van der Waals surface area contributed by atoms with E-state index in [1.807, 2.05) is 4.90 Å². The molecule has 0 aromatic heterocycles. The second kappa shape index (κ2) is 5.68. The molecule has 2 N–H and O–H groups in total. The molecule has 0 aliphatic carbocycles. The molecule has 15 heavy (non-hydrogen) atoms. The van der Waals surface area contributed by atoms with Gasteiger partial charge in [0.05, 0.1) is 0 Å². The van der Waals surface area contributed by atoms with Crippen molar-refractivity contribution in [2.24, 2.45) is 11.7 Å². The van der Waals surface area contributed by atoms with Gasteiger partial charge in [-0.05, 0) is 19.3 Å². The Balaban J connectivity index is 0.00000112. The fourth-order valence-corrected chi connectivity index (χ4v) is 2.19. The molecule has 0 aromatic rings. The lowest BCUT2D eigenvalue weighted by atomic mass is 9.99. The first-order valence-corrected chi connectivity index (χ1v) is 5.39. The van der Waals surface area contributed by atoms with Gasteiger partial charge >= 0.3 is 0 Å². The number of carbonyl (C=O) groups excluding carboxylic acids is 1. The van der Waals surface area contributed by atoms with Gasteiger partial charge in [0.25, 0.3) is 0 Å². The molecule has 1 amide bonds. The minimum atomic E-state index is 0. The number of ether oxygens (including phenoxy) is 1.